The number of carbonyl (C=O) groups excluding carboxylic acids is 2. The minimum absolute atomic E-state index is 0.118. The number of ether oxygens (including phenoxy) is 1. The van der Waals surface area contributed by atoms with Crippen LogP contribution in [0, 0.1) is 5.41 Å². The van der Waals surface area contributed by atoms with Crippen LogP contribution in [0.4, 0.5) is 0 Å². The van der Waals surface area contributed by atoms with Crippen LogP contribution in [0.15, 0.2) is 36.4 Å². The highest BCUT2D eigenvalue weighted by molar-refractivity contribution is 6.27. The number of hydrogen-bond acceptors (Lipinski definition) is 5. The van der Waals surface area contributed by atoms with E-state index >= 15 is 0 Å². The van der Waals surface area contributed by atoms with Gasteiger partial charge in [0.05, 0.1) is 35.7 Å². The fourth-order valence-corrected chi connectivity index (χ4v) is 4.74. The second-order valence-corrected chi connectivity index (χ2v) is 8.99. The molecule has 2 aromatic carbocycles. The number of amidine groups is 1. The lowest BCUT2D eigenvalue weighted by Crippen LogP contribution is -2.33. The van der Waals surface area contributed by atoms with Crippen LogP contribution >= 0.6 is 11.6 Å². The number of nitrogens with zero attached hydrogens (tertiary/aromatic N) is 3. The zero-order valence-corrected chi connectivity index (χ0v) is 21.5. The molecule has 0 aliphatic carbocycles. The van der Waals surface area contributed by atoms with Crippen LogP contribution in [0.25, 0.3) is 11.0 Å². The van der Waals surface area contributed by atoms with Crippen LogP contribution in [0.2, 0.25) is 0 Å². The highest BCUT2D eigenvalue weighted by atomic mass is 35.5. The van der Waals surface area contributed by atoms with Gasteiger partial charge in [-0.3, -0.25) is 15.0 Å². The van der Waals surface area contributed by atoms with E-state index in [9.17, 15) is 9.59 Å². The van der Waals surface area contributed by atoms with Crippen molar-refractivity contribution in [2.45, 2.75) is 32.4 Å². The third-order valence-corrected chi connectivity index (χ3v) is 6.79. The third kappa shape index (κ3) is 4.88. The highest BCUT2D eigenvalue weighted by Crippen LogP contribution is 2.30. The Bertz CT molecular complexity index is 1300. The number of aryl methyl sites for hydroxylation is 1. The summed E-state index contributed by atoms with van der Waals surface area (Å²) in [6.07, 6.45) is 1.23. The minimum atomic E-state index is -0.429. The lowest BCUT2D eigenvalue weighted by molar-refractivity contribution is 0.0780. The number of methoxy groups -OCH3 is 1. The average molecular weight is 511 g/mol. The summed E-state index contributed by atoms with van der Waals surface area (Å²) in [7, 11) is 3.51. The molecule has 2 heterocycles. The number of rotatable bonds is 10. The van der Waals surface area contributed by atoms with E-state index in [4.69, 9.17) is 26.7 Å². The molecule has 36 heavy (non-hydrogen) atoms. The molecule has 1 atom stereocenters. The summed E-state index contributed by atoms with van der Waals surface area (Å²) in [6.45, 7) is 3.56. The number of alkyl halides is 1. The third-order valence-electron chi connectivity index (χ3n) is 6.53. The molecule has 0 unspecified atom stereocenters. The molecule has 4 rings (SSSR count). The van der Waals surface area contributed by atoms with Gasteiger partial charge in [-0.25, -0.2) is 4.98 Å². The van der Waals surface area contributed by atoms with Crippen LogP contribution in [-0.2, 0) is 13.6 Å². The summed E-state index contributed by atoms with van der Waals surface area (Å²) in [5.41, 5.74) is 3.31. The molecule has 1 aliphatic heterocycles. The summed E-state index contributed by atoms with van der Waals surface area (Å²) in [5, 5.41) is 13.8. The van der Waals surface area contributed by atoms with Crippen molar-refractivity contribution in [1.29, 1.82) is 5.41 Å². The van der Waals surface area contributed by atoms with Crippen molar-refractivity contribution >= 4 is 40.3 Å². The van der Waals surface area contributed by atoms with Crippen molar-refractivity contribution in [3.63, 3.8) is 0 Å². The molecule has 10 heteroatoms. The van der Waals surface area contributed by atoms with E-state index in [1.54, 1.807) is 18.1 Å². The van der Waals surface area contributed by atoms with Gasteiger partial charge in [0, 0.05) is 26.7 Å². The van der Waals surface area contributed by atoms with Crippen LogP contribution in [0.3, 0.4) is 0 Å². The van der Waals surface area contributed by atoms with Crippen LogP contribution in [-0.4, -0.2) is 58.2 Å². The number of benzene rings is 2. The predicted molar refractivity (Wildman–Crippen MR) is 140 cm³/mol. The fourth-order valence-electron chi connectivity index (χ4n) is 4.64. The molecule has 3 N–H and O–H groups in total. The lowest BCUT2D eigenvalue weighted by Gasteiger charge is -2.20. The van der Waals surface area contributed by atoms with E-state index in [1.165, 1.54) is 0 Å². The summed E-state index contributed by atoms with van der Waals surface area (Å²) in [6, 6.07) is 10.7. The molecule has 0 saturated heterocycles. The maximum atomic E-state index is 13.6. The van der Waals surface area contributed by atoms with Crippen molar-refractivity contribution in [3.8, 4) is 5.75 Å². The number of halogens is 1. The van der Waals surface area contributed by atoms with Crippen molar-refractivity contribution in [3.05, 3.63) is 58.9 Å². The number of nitrogens with one attached hydrogen (secondary N) is 3. The number of fused-ring (bicyclic) bond motifs is 2. The number of imidazole rings is 1. The molecular formula is C26H31ClN6O3. The van der Waals surface area contributed by atoms with Crippen LogP contribution < -0.4 is 15.4 Å². The Morgan fingerprint density at radius 2 is 2.06 bits per heavy atom. The fraction of sp³-hybridized carbons (Fsp3) is 0.385. The maximum Gasteiger partial charge on any atom is 0.255 e. The van der Waals surface area contributed by atoms with E-state index in [-0.39, 0.29) is 23.5 Å². The first-order valence-corrected chi connectivity index (χ1v) is 12.5. The lowest BCUT2D eigenvalue weighted by atomic mass is 10.0. The van der Waals surface area contributed by atoms with E-state index < -0.39 is 6.04 Å². The molecule has 0 bridgehead atoms. The number of aromatic nitrogens is 2. The zero-order valence-electron chi connectivity index (χ0n) is 20.7. The summed E-state index contributed by atoms with van der Waals surface area (Å²) in [5.74, 6) is 1.28. The van der Waals surface area contributed by atoms with Gasteiger partial charge in [0.2, 0.25) is 0 Å². The first-order valence-electron chi connectivity index (χ1n) is 12.0. The quantitative estimate of drug-likeness (QED) is 0.167. The second kappa shape index (κ2) is 11.0. The summed E-state index contributed by atoms with van der Waals surface area (Å²) >= 11 is 5.70. The maximum absolute atomic E-state index is 13.6. The van der Waals surface area contributed by atoms with Gasteiger partial charge in [0.15, 0.2) is 0 Å². The molecule has 0 saturated carbocycles. The molecule has 1 aromatic heterocycles. The van der Waals surface area contributed by atoms with Crippen molar-refractivity contribution in [2.24, 2.45) is 7.05 Å². The molecule has 0 radical (unpaired) electrons. The van der Waals surface area contributed by atoms with Gasteiger partial charge in [0.1, 0.15) is 22.9 Å². The van der Waals surface area contributed by atoms with Crippen LogP contribution in [0.1, 0.15) is 57.9 Å². The minimum Gasteiger partial charge on any atom is -0.494 e. The van der Waals surface area contributed by atoms with Gasteiger partial charge in [-0.05, 0) is 43.5 Å². The Labute approximate surface area is 215 Å². The Balaban J connectivity index is 1.65. The van der Waals surface area contributed by atoms with Gasteiger partial charge in [-0.2, -0.15) is 0 Å². The van der Waals surface area contributed by atoms with Gasteiger partial charge in [-0.15, -0.1) is 11.6 Å². The molecule has 2 amide bonds. The van der Waals surface area contributed by atoms with E-state index in [2.05, 4.69) is 10.6 Å². The van der Waals surface area contributed by atoms with Crippen LogP contribution in [0.5, 0.6) is 5.75 Å². The molecule has 190 valence electrons. The normalized spacial score (nSPS) is 13.6. The SMILES string of the molecule is CCN1Cc2cccc(C(=O)N[C@@H](CCCNC(=N)CCl)c3nc4c(OC)cccc4n3C)c2C1=O. The Kier molecular flexibility index (Phi) is 7.79. The number of carbonyl (C=O) groups is 2. The second-order valence-electron chi connectivity index (χ2n) is 8.72. The number of hydrogen-bond donors (Lipinski definition) is 3. The van der Waals surface area contributed by atoms with Crippen molar-refractivity contribution < 1.29 is 14.3 Å². The van der Waals surface area contributed by atoms with Crippen molar-refractivity contribution in [1.82, 2.24) is 25.1 Å². The molecule has 1 aliphatic rings. The van der Waals surface area contributed by atoms with Gasteiger partial charge in [0.25, 0.3) is 11.8 Å². The molecule has 0 spiro atoms. The van der Waals surface area contributed by atoms with Gasteiger partial charge >= 0.3 is 0 Å². The van der Waals surface area contributed by atoms with E-state index in [0.717, 1.165) is 11.1 Å². The van der Waals surface area contributed by atoms with Gasteiger partial charge < -0.3 is 24.8 Å². The average Bonchev–Trinajstić information content (AvgIpc) is 3.41. The predicted octanol–water partition coefficient (Wildman–Crippen LogP) is 3.61. The number of para-hydroxylation sites is 1. The largest absolute Gasteiger partial charge is 0.494 e. The number of amides is 2. The zero-order chi connectivity index (χ0) is 25.8. The van der Waals surface area contributed by atoms with E-state index in [1.807, 2.05) is 48.9 Å². The first-order chi connectivity index (χ1) is 17.4. The Morgan fingerprint density at radius 3 is 2.78 bits per heavy atom. The topological polar surface area (TPSA) is 112 Å². The standard InChI is InChI=1S/C26H31ClN6O3/c1-4-33-15-16-8-5-9-17(22(16)26(33)35)25(34)30-18(10-7-13-29-21(28)14-27)24-31-23-19(32(24)2)11-6-12-20(23)36-3/h5-6,8-9,11-12,18H,4,7,10,13-15H2,1-3H3,(H2,28,29)(H,30,34)/t18-/m0/s1. The smallest absolute Gasteiger partial charge is 0.255 e. The van der Waals surface area contributed by atoms with E-state index in [0.29, 0.717) is 60.7 Å². The molecular weight excluding hydrogens is 480 g/mol. The Hall–Kier alpha value is -3.59. The monoisotopic (exact) mass is 510 g/mol. The first kappa shape index (κ1) is 25.5. The van der Waals surface area contributed by atoms with Gasteiger partial charge in [-0.1, -0.05) is 18.2 Å². The van der Waals surface area contributed by atoms with Crippen molar-refractivity contribution in [2.75, 3.05) is 26.1 Å². The molecule has 9 nitrogen and oxygen atoms in total. The summed E-state index contributed by atoms with van der Waals surface area (Å²) < 4.78 is 7.45. The molecule has 0 fully saturated rings. The summed E-state index contributed by atoms with van der Waals surface area (Å²) in [4.78, 5) is 33.1. The highest BCUT2D eigenvalue weighted by Gasteiger charge is 2.32. The Morgan fingerprint density at radius 1 is 1.28 bits per heavy atom. The molecule has 3 aromatic rings.